The van der Waals surface area contributed by atoms with Crippen LogP contribution in [0.2, 0.25) is 0 Å². The maximum absolute atomic E-state index is 5.37. The normalized spacial score (nSPS) is 23.8. The lowest BCUT2D eigenvalue weighted by Crippen LogP contribution is -2.32. The summed E-state index contributed by atoms with van der Waals surface area (Å²) in [5, 5.41) is 3.42. The summed E-state index contributed by atoms with van der Waals surface area (Å²) in [6, 6.07) is 0.269. The third-order valence-corrected chi connectivity index (χ3v) is 2.64. The van der Waals surface area contributed by atoms with Crippen molar-refractivity contribution in [3.05, 3.63) is 12.2 Å². The largest absolute Gasteiger partial charge is 0.303 e. The number of nitrogens with one attached hydrogen (secondary N) is 1. The van der Waals surface area contributed by atoms with Gasteiger partial charge in [-0.3, -0.25) is 0 Å². The molecule has 13 heavy (non-hydrogen) atoms. The highest BCUT2D eigenvalue weighted by molar-refractivity contribution is 4.98. The molecule has 0 aromatic carbocycles. The molecule has 0 saturated carbocycles. The van der Waals surface area contributed by atoms with Crippen LogP contribution < -0.4 is 5.32 Å². The predicted octanol–water partition coefficient (Wildman–Crippen LogP) is 2.34. The molecule has 1 N–H and O–H groups in total. The minimum absolute atomic E-state index is 0.269. The number of terminal acetylenes is 1. The van der Waals surface area contributed by atoms with Crippen LogP contribution in [-0.2, 0) is 0 Å². The lowest BCUT2D eigenvalue weighted by atomic mass is 9.94. The minimum Gasteiger partial charge on any atom is -0.303 e. The van der Waals surface area contributed by atoms with E-state index in [1.807, 2.05) is 0 Å². The highest BCUT2D eigenvalue weighted by Crippen LogP contribution is 2.17. The summed E-state index contributed by atoms with van der Waals surface area (Å²) in [4.78, 5) is 0. The van der Waals surface area contributed by atoms with E-state index in [4.69, 9.17) is 6.42 Å². The first-order chi connectivity index (χ1) is 6.36. The van der Waals surface area contributed by atoms with E-state index in [-0.39, 0.29) is 6.04 Å². The highest BCUT2D eigenvalue weighted by Gasteiger charge is 2.10. The van der Waals surface area contributed by atoms with E-state index in [9.17, 15) is 0 Å². The second-order valence-corrected chi connectivity index (χ2v) is 3.69. The lowest BCUT2D eigenvalue weighted by molar-refractivity contribution is 0.423. The maximum Gasteiger partial charge on any atom is 0.0684 e. The van der Waals surface area contributed by atoms with Crippen molar-refractivity contribution in [1.29, 1.82) is 0 Å². The molecule has 0 heterocycles. The van der Waals surface area contributed by atoms with Crippen molar-refractivity contribution in [3.63, 3.8) is 0 Å². The fraction of sp³-hybridized carbons (Fsp3) is 0.667. The Hall–Kier alpha value is -0.740. The molecule has 1 rings (SSSR count). The predicted molar refractivity (Wildman–Crippen MR) is 57.4 cm³/mol. The molecule has 2 atom stereocenters. The van der Waals surface area contributed by atoms with Crippen LogP contribution >= 0.6 is 0 Å². The van der Waals surface area contributed by atoms with Crippen molar-refractivity contribution in [2.75, 3.05) is 6.54 Å². The van der Waals surface area contributed by atoms with Gasteiger partial charge in [0.1, 0.15) is 0 Å². The van der Waals surface area contributed by atoms with Crippen molar-refractivity contribution in [2.24, 2.45) is 5.92 Å². The quantitative estimate of drug-likeness (QED) is 0.513. The van der Waals surface area contributed by atoms with Gasteiger partial charge in [-0.25, -0.2) is 0 Å². The summed E-state index contributed by atoms with van der Waals surface area (Å²) in [7, 11) is 0. The van der Waals surface area contributed by atoms with E-state index in [2.05, 4.69) is 30.3 Å². The van der Waals surface area contributed by atoms with E-state index in [1.54, 1.807) is 0 Å². The second kappa shape index (κ2) is 5.83. The van der Waals surface area contributed by atoms with Gasteiger partial charge in [-0.1, -0.05) is 25.0 Å². The monoisotopic (exact) mass is 177 g/mol. The van der Waals surface area contributed by atoms with Gasteiger partial charge in [0.2, 0.25) is 0 Å². The molecule has 0 saturated heterocycles. The standard InChI is InChI=1S/C12H19N/c1-3-12(4-2)13-10-11-8-6-5-7-9-11/h1,5-6,11-13H,4,7-10H2,2H3. The van der Waals surface area contributed by atoms with Crippen molar-refractivity contribution in [3.8, 4) is 12.3 Å². The summed E-state index contributed by atoms with van der Waals surface area (Å²) in [5.74, 6) is 3.56. The SMILES string of the molecule is C#CC(CC)NCC1CC=CCC1. The van der Waals surface area contributed by atoms with E-state index in [1.165, 1.54) is 19.3 Å². The Morgan fingerprint density at radius 1 is 1.62 bits per heavy atom. The number of rotatable bonds is 4. The highest BCUT2D eigenvalue weighted by atomic mass is 14.9. The zero-order valence-corrected chi connectivity index (χ0v) is 8.42. The van der Waals surface area contributed by atoms with E-state index >= 15 is 0 Å². The van der Waals surface area contributed by atoms with Crippen LogP contribution in [-0.4, -0.2) is 12.6 Å². The van der Waals surface area contributed by atoms with Crippen molar-refractivity contribution in [2.45, 2.75) is 38.6 Å². The average molecular weight is 177 g/mol. The van der Waals surface area contributed by atoms with Crippen LogP contribution in [0.5, 0.6) is 0 Å². The molecule has 1 aliphatic carbocycles. The first kappa shape index (κ1) is 10.3. The van der Waals surface area contributed by atoms with Crippen LogP contribution in [0.15, 0.2) is 12.2 Å². The molecule has 1 nitrogen and oxygen atoms in total. The third-order valence-electron chi connectivity index (χ3n) is 2.64. The van der Waals surface area contributed by atoms with Crippen LogP contribution in [0.3, 0.4) is 0 Å². The molecular formula is C12H19N. The van der Waals surface area contributed by atoms with E-state index in [0.717, 1.165) is 18.9 Å². The molecule has 2 unspecified atom stereocenters. The summed E-state index contributed by atoms with van der Waals surface area (Å²) in [6.07, 6.45) is 14.7. The maximum atomic E-state index is 5.37. The molecule has 0 fully saturated rings. The molecule has 0 bridgehead atoms. The summed E-state index contributed by atoms with van der Waals surface area (Å²) in [5.41, 5.74) is 0. The molecule has 0 radical (unpaired) electrons. The first-order valence-electron chi connectivity index (χ1n) is 5.21. The van der Waals surface area contributed by atoms with Crippen molar-refractivity contribution in [1.82, 2.24) is 5.32 Å². The van der Waals surface area contributed by atoms with Crippen LogP contribution in [0.1, 0.15) is 32.6 Å². The molecular weight excluding hydrogens is 158 g/mol. The topological polar surface area (TPSA) is 12.0 Å². The Morgan fingerprint density at radius 3 is 3.00 bits per heavy atom. The van der Waals surface area contributed by atoms with Gasteiger partial charge in [0.15, 0.2) is 0 Å². The van der Waals surface area contributed by atoms with Gasteiger partial charge in [-0.15, -0.1) is 6.42 Å². The van der Waals surface area contributed by atoms with Gasteiger partial charge in [0.25, 0.3) is 0 Å². The van der Waals surface area contributed by atoms with Gasteiger partial charge in [0.05, 0.1) is 6.04 Å². The number of hydrogen-bond acceptors (Lipinski definition) is 1. The molecule has 72 valence electrons. The van der Waals surface area contributed by atoms with Gasteiger partial charge < -0.3 is 5.32 Å². The summed E-state index contributed by atoms with van der Waals surface area (Å²) < 4.78 is 0. The molecule has 0 amide bonds. The Kier molecular flexibility index (Phi) is 4.64. The van der Waals surface area contributed by atoms with Gasteiger partial charge >= 0.3 is 0 Å². The van der Waals surface area contributed by atoms with Crippen molar-refractivity contribution < 1.29 is 0 Å². The number of allylic oxidation sites excluding steroid dienone is 2. The summed E-state index contributed by atoms with van der Waals surface area (Å²) in [6.45, 7) is 3.20. The molecule has 1 aliphatic rings. The smallest absolute Gasteiger partial charge is 0.0684 e. The number of hydrogen-bond donors (Lipinski definition) is 1. The Morgan fingerprint density at radius 2 is 2.46 bits per heavy atom. The molecule has 1 heteroatoms. The Bertz CT molecular complexity index is 200. The lowest BCUT2D eigenvalue weighted by Gasteiger charge is -2.20. The molecule has 0 aromatic heterocycles. The zero-order chi connectivity index (χ0) is 9.52. The molecule has 0 aromatic rings. The van der Waals surface area contributed by atoms with Gasteiger partial charge in [0, 0.05) is 0 Å². The van der Waals surface area contributed by atoms with E-state index in [0.29, 0.717) is 0 Å². The zero-order valence-electron chi connectivity index (χ0n) is 8.42. The third kappa shape index (κ3) is 3.65. The van der Waals surface area contributed by atoms with E-state index < -0.39 is 0 Å². The fourth-order valence-corrected chi connectivity index (χ4v) is 1.67. The van der Waals surface area contributed by atoms with Gasteiger partial charge in [-0.2, -0.15) is 0 Å². The minimum atomic E-state index is 0.269. The first-order valence-corrected chi connectivity index (χ1v) is 5.21. The van der Waals surface area contributed by atoms with Crippen LogP contribution in [0, 0.1) is 18.3 Å². The van der Waals surface area contributed by atoms with Crippen LogP contribution in [0.25, 0.3) is 0 Å². The molecule has 0 aliphatic heterocycles. The summed E-state index contributed by atoms with van der Waals surface area (Å²) >= 11 is 0. The fourth-order valence-electron chi connectivity index (χ4n) is 1.67. The van der Waals surface area contributed by atoms with Gasteiger partial charge in [-0.05, 0) is 38.1 Å². The van der Waals surface area contributed by atoms with Crippen molar-refractivity contribution >= 4 is 0 Å². The second-order valence-electron chi connectivity index (χ2n) is 3.69. The Balaban J connectivity index is 2.18. The Labute approximate surface area is 81.6 Å². The van der Waals surface area contributed by atoms with Crippen LogP contribution in [0.4, 0.5) is 0 Å². The average Bonchev–Trinajstić information content (AvgIpc) is 2.21. The molecule has 0 spiro atoms.